The highest BCUT2D eigenvalue weighted by atomic mass is 16.5. The molecule has 6 heteroatoms. The first-order valence-electron chi connectivity index (χ1n) is 11.4. The number of aliphatic carboxylic acids is 1. The molecular weight excluding hydrogens is 384 g/mol. The Morgan fingerprint density at radius 3 is 2.63 bits per heavy atom. The average molecular weight is 423 g/mol. The molecule has 0 saturated heterocycles. The second-order valence-electron chi connectivity index (χ2n) is 9.92. The number of aliphatic hydroxyl groups excluding tert-OH is 3. The summed E-state index contributed by atoms with van der Waals surface area (Å²) in [4.78, 5) is 12.7. The van der Waals surface area contributed by atoms with Crippen molar-refractivity contribution in [3.05, 3.63) is 23.3 Å². The van der Waals surface area contributed by atoms with E-state index in [4.69, 9.17) is 9.84 Å². The van der Waals surface area contributed by atoms with Gasteiger partial charge < -0.3 is 25.2 Å². The number of rotatable bonds is 8. The first-order valence-corrected chi connectivity index (χ1v) is 11.4. The second-order valence-corrected chi connectivity index (χ2v) is 9.92. The smallest absolute Gasteiger partial charge is 0.312 e. The number of carboxylic acids is 1. The number of ether oxygens (including phenoxy) is 1. The summed E-state index contributed by atoms with van der Waals surface area (Å²) in [6.07, 6.45) is 6.83. The van der Waals surface area contributed by atoms with Gasteiger partial charge in [0.2, 0.25) is 0 Å². The molecule has 1 saturated carbocycles. The Morgan fingerprint density at radius 1 is 1.30 bits per heavy atom. The quantitative estimate of drug-likeness (QED) is 0.479. The molecule has 0 aliphatic heterocycles. The highest BCUT2D eigenvalue weighted by molar-refractivity contribution is 5.76. The zero-order chi connectivity index (χ0) is 22.1. The normalized spacial score (nSPS) is 35.7. The molecule has 3 aliphatic carbocycles. The Morgan fingerprint density at radius 2 is 2.03 bits per heavy atom. The van der Waals surface area contributed by atoms with Crippen molar-refractivity contribution in [2.24, 2.45) is 28.6 Å². The Labute approximate surface area is 179 Å². The van der Waals surface area contributed by atoms with E-state index in [1.807, 2.05) is 0 Å². The third-order valence-corrected chi connectivity index (χ3v) is 8.21. The van der Waals surface area contributed by atoms with Crippen LogP contribution in [0.2, 0.25) is 0 Å². The lowest BCUT2D eigenvalue weighted by Crippen LogP contribution is -2.62. The van der Waals surface area contributed by atoms with Crippen molar-refractivity contribution < 1.29 is 30.0 Å². The van der Waals surface area contributed by atoms with Crippen LogP contribution in [-0.2, 0) is 9.53 Å². The standard InChI is InChI=1S/C24H38O6/c1-15(2)16-5-7-18-17(13-16)6-8-20-23(18,3)9-4-10-24(20,22(28)29)21(27)19(14-26)30-12-11-25/h6,13,15,18-21,25-27H,4-5,7-12,14H2,1-3H3,(H,28,29)/t18-,19?,20?,21?,23+,24+/m0/s1. The van der Waals surface area contributed by atoms with Gasteiger partial charge >= 0.3 is 5.97 Å². The maximum absolute atomic E-state index is 12.7. The number of carboxylic acid groups (broad SMARTS) is 1. The lowest BCUT2D eigenvalue weighted by molar-refractivity contribution is -0.201. The molecule has 0 heterocycles. The second kappa shape index (κ2) is 9.11. The molecular formula is C24H38O6. The molecule has 0 aromatic rings. The molecule has 3 rings (SSSR count). The summed E-state index contributed by atoms with van der Waals surface area (Å²) in [5.41, 5.74) is 1.18. The number of aliphatic hydroxyl groups is 3. The number of hydrogen-bond acceptors (Lipinski definition) is 5. The minimum Gasteiger partial charge on any atom is -0.481 e. The third kappa shape index (κ3) is 3.77. The van der Waals surface area contributed by atoms with Gasteiger partial charge in [-0.15, -0.1) is 0 Å². The molecule has 6 nitrogen and oxygen atoms in total. The van der Waals surface area contributed by atoms with Crippen molar-refractivity contribution in [2.45, 2.75) is 71.5 Å². The number of fused-ring (bicyclic) bond motifs is 3. The molecule has 3 aliphatic rings. The van der Waals surface area contributed by atoms with Crippen LogP contribution in [0.25, 0.3) is 0 Å². The summed E-state index contributed by atoms with van der Waals surface area (Å²) >= 11 is 0. The van der Waals surface area contributed by atoms with Crippen molar-refractivity contribution in [3.63, 3.8) is 0 Å². The van der Waals surface area contributed by atoms with Gasteiger partial charge in [-0.1, -0.05) is 44.9 Å². The average Bonchev–Trinajstić information content (AvgIpc) is 2.72. The van der Waals surface area contributed by atoms with Gasteiger partial charge in [0, 0.05) is 0 Å². The number of hydrogen-bond donors (Lipinski definition) is 4. The van der Waals surface area contributed by atoms with Gasteiger partial charge in [0.1, 0.15) is 6.10 Å². The van der Waals surface area contributed by atoms with E-state index in [1.165, 1.54) is 11.1 Å². The highest BCUT2D eigenvalue weighted by Crippen LogP contribution is 2.63. The Balaban J connectivity index is 2.01. The molecule has 0 aromatic carbocycles. The molecule has 0 spiro atoms. The molecule has 0 radical (unpaired) electrons. The fourth-order valence-electron chi connectivity index (χ4n) is 6.60. The molecule has 6 atom stereocenters. The summed E-state index contributed by atoms with van der Waals surface area (Å²) in [6.45, 7) is 5.86. The first kappa shape index (κ1) is 23.5. The fraction of sp³-hybridized carbons (Fsp3) is 0.792. The van der Waals surface area contributed by atoms with Crippen LogP contribution in [0.1, 0.15) is 59.3 Å². The maximum Gasteiger partial charge on any atom is 0.312 e. The van der Waals surface area contributed by atoms with Crippen LogP contribution in [0, 0.1) is 28.6 Å². The van der Waals surface area contributed by atoms with E-state index in [0.717, 1.165) is 25.7 Å². The Hall–Kier alpha value is -1.21. The lowest BCUT2D eigenvalue weighted by Gasteiger charge is -2.59. The molecule has 170 valence electrons. The minimum absolute atomic E-state index is 0.0463. The van der Waals surface area contributed by atoms with Crippen LogP contribution >= 0.6 is 0 Å². The molecule has 0 amide bonds. The Kier molecular flexibility index (Phi) is 7.12. The molecule has 30 heavy (non-hydrogen) atoms. The van der Waals surface area contributed by atoms with Gasteiger partial charge in [0.15, 0.2) is 0 Å². The van der Waals surface area contributed by atoms with Crippen molar-refractivity contribution in [2.75, 3.05) is 19.8 Å². The molecule has 0 aromatic heterocycles. The first-order chi connectivity index (χ1) is 14.2. The summed E-state index contributed by atoms with van der Waals surface area (Å²) < 4.78 is 5.45. The zero-order valence-electron chi connectivity index (χ0n) is 18.5. The topological polar surface area (TPSA) is 107 Å². The lowest BCUT2D eigenvalue weighted by atomic mass is 9.45. The fourth-order valence-corrected chi connectivity index (χ4v) is 6.60. The van der Waals surface area contributed by atoms with E-state index in [2.05, 4.69) is 32.9 Å². The van der Waals surface area contributed by atoms with Crippen LogP contribution in [0.3, 0.4) is 0 Å². The summed E-state index contributed by atoms with van der Waals surface area (Å²) in [7, 11) is 0. The third-order valence-electron chi connectivity index (χ3n) is 8.21. The van der Waals surface area contributed by atoms with Crippen molar-refractivity contribution in [1.82, 2.24) is 0 Å². The SMILES string of the molecule is CC(C)C1=CC2=CCC3[C@@](C(=O)O)(C(O)C(CO)OCCO)CCC[C@]3(C)[C@H]2CC1. The number of carbonyl (C=O) groups is 1. The monoisotopic (exact) mass is 422 g/mol. The predicted octanol–water partition coefficient (Wildman–Crippen LogP) is 2.92. The van der Waals surface area contributed by atoms with Crippen molar-refractivity contribution in [1.29, 1.82) is 0 Å². The van der Waals surface area contributed by atoms with E-state index in [9.17, 15) is 20.1 Å². The van der Waals surface area contributed by atoms with Crippen LogP contribution in [0.4, 0.5) is 0 Å². The van der Waals surface area contributed by atoms with Crippen molar-refractivity contribution in [3.8, 4) is 0 Å². The molecule has 3 unspecified atom stereocenters. The van der Waals surface area contributed by atoms with Gasteiger partial charge in [-0.25, -0.2) is 0 Å². The van der Waals surface area contributed by atoms with Crippen LogP contribution in [-0.4, -0.2) is 58.4 Å². The largest absolute Gasteiger partial charge is 0.481 e. The summed E-state index contributed by atoms with van der Waals surface area (Å²) in [5, 5.41) is 40.6. The number of allylic oxidation sites excluding steroid dienone is 4. The van der Waals surface area contributed by atoms with E-state index in [0.29, 0.717) is 18.8 Å². The molecule has 0 bridgehead atoms. The summed E-state index contributed by atoms with van der Waals surface area (Å²) in [6, 6.07) is 0. The van der Waals surface area contributed by atoms with Crippen molar-refractivity contribution >= 4 is 5.97 Å². The minimum atomic E-state index is -1.38. The van der Waals surface area contributed by atoms with Gasteiger partial charge in [0.25, 0.3) is 0 Å². The van der Waals surface area contributed by atoms with E-state index >= 15 is 0 Å². The van der Waals surface area contributed by atoms with E-state index in [1.54, 1.807) is 0 Å². The van der Waals surface area contributed by atoms with Gasteiger partial charge in [0.05, 0.1) is 31.3 Å². The van der Waals surface area contributed by atoms with Crippen LogP contribution in [0.5, 0.6) is 0 Å². The maximum atomic E-state index is 12.7. The summed E-state index contributed by atoms with van der Waals surface area (Å²) in [5.74, 6) is -0.447. The van der Waals surface area contributed by atoms with Crippen LogP contribution in [0.15, 0.2) is 23.3 Å². The van der Waals surface area contributed by atoms with Gasteiger partial charge in [-0.05, 0) is 60.8 Å². The molecule has 4 N–H and O–H groups in total. The molecule has 1 fully saturated rings. The van der Waals surface area contributed by atoms with Gasteiger partial charge in [-0.2, -0.15) is 0 Å². The van der Waals surface area contributed by atoms with E-state index in [-0.39, 0.29) is 30.5 Å². The Bertz CT molecular complexity index is 698. The highest BCUT2D eigenvalue weighted by Gasteiger charge is 2.63. The zero-order valence-corrected chi connectivity index (χ0v) is 18.5. The van der Waals surface area contributed by atoms with Crippen LogP contribution < -0.4 is 0 Å². The predicted molar refractivity (Wildman–Crippen MR) is 114 cm³/mol. The van der Waals surface area contributed by atoms with Gasteiger partial charge in [-0.3, -0.25) is 4.79 Å². The van der Waals surface area contributed by atoms with E-state index < -0.39 is 30.2 Å².